The maximum Gasteiger partial charge on any atom is 0.262 e. The molecule has 2 N–H and O–H groups in total. The van der Waals surface area contributed by atoms with Crippen molar-refractivity contribution in [2.24, 2.45) is 5.92 Å². The Morgan fingerprint density at radius 2 is 1.63 bits per heavy atom. The third-order valence-corrected chi connectivity index (χ3v) is 6.38. The Morgan fingerprint density at radius 1 is 1.07 bits per heavy atom. The first-order valence-electron chi connectivity index (χ1n) is 9.99. The van der Waals surface area contributed by atoms with Crippen LogP contribution in [-0.2, 0) is 27.7 Å². The van der Waals surface area contributed by atoms with Crippen molar-refractivity contribution in [2.45, 2.75) is 45.4 Å². The molecule has 0 radical (unpaired) electrons. The van der Waals surface area contributed by atoms with Gasteiger partial charge in [0.15, 0.2) is 6.61 Å². The van der Waals surface area contributed by atoms with Gasteiger partial charge in [-0.15, -0.1) is 0 Å². The molecule has 0 saturated carbocycles. The molecule has 0 atom stereocenters. The van der Waals surface area contributed by atoms with E-state index in [1.54, 1.807) is 12.1 Å². The average Bonchev–Trinajstić information content (AvgIpc) is 2.72. The summed E-state index contributed by atoms with van der Waals surface area (Å²) in [4.78, 5) is 12.6. The van der Waals surface area contributed by atoms with E-state index in [4.69, 9.17) is 4.74 Å². The van der Waals surface area contributed by atoms with Gasteiger partial charge in [-0.3, -0.25) is 4.79 Å². The smallest absolute Gasteiger partial charge is 0.262 e. The lowest BCUT2D eigenvalue weighted by atomic mass is 10.0. The molecule has 30 heavy (non-hydrogen) atoms. The number of halogens is 1. The van der Waals surface area contributed by atoms with E-state index in [9.17, 15) is 13.2 Å². The molecular weight excluding hydrogens is 468 g/mol. The number of hydrogen-bond donors (Lipinski definition) is 2. The van der Waals surface area contributed by atoms with Crippen molar-refractivity contribution in [2.75, 3.05) is 18.5 Å². The summed E-state index contributed by atoms with van der Waals surface area (Å²) in [7, 11) is -3.55. The standard InChI is InChI=1S/C22H29BrN2O4S/c1-5-16-11-18(23)12-17(6-2)22(16)25-21(26)14-29-19-7-9-20(10-8-19)30(27,28)24-13-15(3)4/h7-12,15,24H,5-6,13-14H2,1-4H3,(H,25,26). The molecule has 164 valence electrons. The lowest BCUT2D eigenvalue weighted by Crippen LogP contribution is -2.27. The van der Waals surface area contributed by atoms with Crippen LogP contribution >= 0.6 is 15.9 Å². The van der Waals surface area contributed by atoms with Crippen molar-refractivity contribution in [3.63, 3.8) is 0 Å². The number of carbonyl (C=O) groups is 1. The topological polar surface area (TPSA) is 84.5 Å². The lowest BCUT2D eigenvalue weighted by molar-refractivity contribution is -0.118. The third-order valence-electron chi connectivity index (χ3n) is 4.48. The number of anilines is 1. The van der Waals surface area contributed by atoms with Crippen LogP contribution in [-0.4, -0.2) is 27.5 Å². The Labute approximate surface area is 187 Å². The molecule has 0 aliphatic heterocycles. The zero-order chi connectivity index (χ0) is 22.3. The van der Waals surface area contributed by atoms with Crippen LogP contribution in [0.5, 0.6) is 5.75 Å². The van der Waals surface area contributed by atoms with Crippen molar-refractivity contribution in [3.8, 4) is 5.75 Å². The normalized spacial score (nSPS) is 11.5. The molecule has 8 heteroatoms. The minimum Gasteiger partial charge on any atom is -0.484 e. The summed E-state index contributed by atoms with van der Waals surface area (Å²) in [6, 6.07) is 10.0. The molecular formula is C22H29BrN2O4S. The molecule has 0 saturated heterocycles. The fraction of sp³-hybridized carbons (Fsp3) is 0.409. The Kier molecular flexibility index (Phi) is 8.88. The number of ether oxygens (including phenoxy) is 1. The fourth-order valence-electron chi connectivity index (χ4n) is 2.84. The van der Waals surface area contributed by atoms with Crippen LogP contribution in [0.4, 0.5) is 5.69 Å². The molecule has 0 unspecified atom stereocenters. The van der Waals surface area contributed by atoms with E-state index in [1.807, 2.05) is 39.8 Å². The van der Waals surface area contributed by atoms with Crippen LogP contribution in [0.25, 0.3) is 0 Å². The largest absolute Gasteiger partial charge is 0.484 e. The monoisotopic (exact) mass is 496 g/mol. The van der Waals surface area contributed by atoms with Gasteiger partial charge >= 0.3 is 0 Å². The van der Waals surface area contributed by atoms with Crippen LogP contribution in [0.1, 0.15) is 38.8 Å². The molecule has 1 amide bonds. The number of rotatable bonds is 10. The van der Waals surface area contributed by atoms with Crippen LogP contribution in [0, 0.1) is 5.92 Å². The Bertz CT molecular complexity index is 948. The second-order valence-electron chi connectivity index (χ2n) is 7.36. The average molecular weight is 497 g/mol. The van der Waals surface area contributed by atoms with E-state index >= 15 is 0 Å². The van der Waals surface area contributed by atoms with Crippen LogP contribution in [0.2, 0.25) is 0 Å². The fourth-order valence-corrected chi connectivity index (χ4v) is 4.61. The number of benzene rings is 2. The number of aryl methyl sites for hydroxylation is 2. The third kappa shape index (κ3) is 6.82. The van der Waals surface area contributed by atoms with Gasteiger partial charge in [0.05, 0.1) is 4.90 Å². The SMILES string of the molecule is CCc1cc(Br)cc(CC)c1NC(=O)COc1ccc(S(=O)(=O)NCC(C)C)cc1. The van der Waals surface area contributed by atoms with E-state index in [0.717, 1.165) is 34.1 Å². The molecule has 2 aromatic carbocycles. The molecule has 0 aromatic heterocycles. The molecule has 2 rings (SSSR count). The number of hydrogen-bond acceptors (Lipinski definition) is 4. The first kappa shape index (κ1) is 24.4. The van der Waals surface area contributed by atoms with E-state index in [-0.39, 0.29) is 23.3 Å². The molecule has 6 nitrogen and oxygen atoms in total. The van der Waals surface area contributed by atoms with Crippen molar-refractivity contribution in [1.82, 2.24) is 4.72 Å². The highest BCUT2D eigenvalue weighted by Gasteiger charge is 2.15. The van der Waals surface area contributed by atoms with Gasteiger partial charge in [0.1, 0.15) is 5.75 Å². The van der Waals surface area contributed by atoms with Gasteiger partial charge < -0.3 is 10.1 Å². The van der Waals surface area contributed by atoms with Gasteiger partial charge in [-0.1, -0.05) is 43.6 Å². The zero-order valence-electron chi connectivity index (χ0n) is 17.8. The van der Waals surface area contributed by atoms with E-state index < -0.39 is 10.0 Å². The number of nitrogens with one attached hydrogen (secondary N) is 2. The van der Waals surface area contributed by atoms with Gasteiger partial charge in [-0.2, -0.15) is 0 Å². The Hall–Kier alpha value is -1.90. The van der Waals surface area contributed by atoms with Crippen molar-refractivity contribution in [3.05, 3.63) is 52.0 Å². The number of amides is 1. The van der Waals surface area contributed by atoms with Gasteiger partial charge in [0.25, 0.3) is 5.91 Å². The molecule has 0 bridgehead atoms. The van der Waals surface area contributed by atoms with Gasteiger partial charge in [0.2, 0.25) is 10.0 Å². The molecule has 0 aliphatic carbocycles. The van der Waals surface area contributed by atoms with Gasteiger partial charge in [-0.05, 0) is 66.3 Å². The maximum atomic E-state index is 12.4. The summed E-state index contributed by atoms with van der Waals surface area (Å²) in [5.41, 5.74) is 2.94. The van der Waals surface area contributed by atoms with Crippen molar-refractivity contribution >= 4 is 37.5 Å². The molecule has 0 spiro atoms. The summed E-state index contributed by atoms with van der Waals surface area (Å²) in [5, 5.41) is 2.95. The number of carbonyl (C=O) groups excluding carboxylic acids is 1. The van der Waals surface area contributed by atoms with E-state index in [0.29, 0.717) is 12.3 Å². The maximum absolute atomic E-state index is 12.4. The van der Waals surface area contributed by atoms with E-state index in [2.05, 4.69) is 26.0 Å². The first-order valence-corrected chi connectivity index (χ1v) is 12.3. The number of sulfonamides is 1. The summed E-state index contributed by atoms with van der Waals surface area (Å²) in [5.74, 6) is 0.375. The lowest BCUT2D eigenvalue weighted by Gasteiger charge is -2.16. The second-order valence-corrected chi connectivity index (χ2v) is 10.0. The van der Waals surface area contributed by atoms with Crippen molar-refractivity contribution in [1.29, 1.82) is 0 Å². The minimum atomic E-state index is -3.55. The highest BCUT2D eigenvalue weighted by Crippen LogP contribution is 2.27. The molecule has 0 heterocycles. The zero-order valence-corrected chi connectivity index (χ0v) is 20.2. The summed E-state index contributed by atoms with van der Waals surface area (Å²) in [6.45, 7) is 8.16. The Balaban J connectivity index is 2.01. The van der Waals surface area contributed by atoms with Crippen LogP contribution < -0.4 is 14.8 Å². The van der Waals surface area contributed by atoms with Gasteiger partial charge in [0, 0.05) is 16.7 Å². The predicted molar refractivity (Wildman–Crippen MR) is 123 cm³/mol. The molecule has 0 aliphatic rings. The molecule has 0 fully saturated rings. The van der Waals surface area contributed by atoms with Crippen LogP contribution in [0.15, 0.2) is 45.8 Å². The van der Waals surface area contributed by atoms with Crippen LogP contribution in [0.3, 0.4) is 0 Å². The second kappa shape index (κ2) is 10.9. The van der Waals surface area contributed by atoms with Gasteiger partial charge in [-0.25, -0.2) is 13.1 Å². The summed E-state index contributed by atoms with van der Waals surface area (Å²) >= 11 is 3.51. The quantitative estimate of drug-likeness (QED) is 0.506. The highest BCUT2D eigenvalue weighted by molar-refractivity contribution is 9.10. The summed E-state index contributed by atoms with van der Waals surface area (Å²) < 4.78 is 33.6. The predicted octanol–water partition coefficient (Wildman–Crippen LogP) is 4.53. The first-order chi connectivity index (χ1) is 14.2. The minimum absolute atomic E-state index is 0.162. The van der Waals surface area contributed by atoms with Crippen molar-refractivity contribution < 1.29 is 17.9 Å². The summed E-state index contributed by atoms with van der Waals surface area (Å²) in [6.07, 6.45) is 1.59. The highest BCUT2D eigenvalue weighted by atomic mass is 79.9. The van der Waals surface area contributed by atoms with E-state index in [1.165, 1.54) is 12.1 Å². The Morgan fingerprint density at radius 3 is 2.13 bits per heavy atom. The molecule has 2 aromatic rings.